The Bertz CT molecular complexity index is 524. The van der Waals surface area contributed by atoms with Crippen molar-refractivity contribution in [3.8, 4) is 5.75 Å². The Hall–Kier alpha value is -1.80. The van der Waals surface area contributed by atoms with Crippen LogP contribution in [0, 0.1) is 0 Å². The van der Waals surface area contributed by atoms with Gasteiger partial charge in [-0.25, -0.2) is 4.79 Å². The van der Waals surface area contributed by atoms with E-state index in [2.05, 4.69) is 6.92 Å². The maximum atomic E-state index is 11.7. The van der Waals surface area contributed by atoms with Crippen LogP contribution in [0.5, 0.6) is 5.75 Å². The third-order valence-electron chi connectivity index (χ3n) is 2.98. The lowest BCUT2D eigenvalue weighted by Crippen LogP contribution is -2.15. The number of aromatic nitrogens is 1. The topological polar surface area (TPSA) is 48.3 Å². The van der Waals surface area contributed by atoms with Crippen molar-refractivity contribution < 1.29 is 9.53 Å². The molecule has 0 aliphatic carbocycles. The molecule has 2 rings (SSSR count). The Labute approximate surface area is 93.2 Å². The van der Waals surface area contributed by atoms with E-state index in [0.29, 0.717) is 5.69 Å². The van der Waals surface area contributed by atoms with E-state index in [1.54, 1.807) is 12.0 Å². The molecule has 16 heavy (non-hydrogen) atoms. The molecule has 0 saturated carbocycles. The fraction of sp³-hybridized carbons (Fsp3) is 0.417. The van der Waals surface area contributed by atoms with Gasteiger partial charge in [0.2, 0.25) is 5.43 Å². The number of aryl methyl sites for hydroxylation is 1. The van der Waals surface area contributed by atoms with Crippen LogP contribution in [-0.2, 0) is 11.2 Å². The van der Waals surface area contributed by atoms with E-state index >= 15 is 0 Å². The monoisotopic (exact) mass is 219 g/mol. The number of rotatable bonds is 2. The van der Waals surface area contributed by atoms with E-state index in [1.165, 1.54) is 13.2 Å². The van der Waals surface area contributed by atoms with Gasteiger partial charge in [-0.05, 0) is 19.8 Å². The molecule has 4 nitrogen and oxygen atoms in total. The number of nitrogens with zero attached hydrogens (tertiary/aromatic N) is 1. The van der Waals surface area contributed by atoms with E-state index in [-0.39, 0.29) is 17.2 Å². The van der Waals surface area contributed by atoms with Crippen LogP contribution < -0.4 is 10.2 Å². The van der Waals surface area contributed by atoms with Crippen LogP contribution >= 0.6 is 0 Å². The third-order valence-corrected chi connectivity index (χ3v) is 2.98. The van der Waals surface area contributed by atoms with Crippen molar-refractivity contribution in [3.05, 3.63) is 27.7 Å². The first-order valence-corrected chi connectivity index (χ1v) is 5.22. The minimum atomic E-state index is -0.177. The van der Waals surface area contributed by atoms with E-state index in [0.717, 1.165) is 18.5 Å². The lowest BCUT2D eigenvalue weighted by molar-refractivity contribution is 0.401. The van der Waals surface area contributed by atoms with Gasteiger partial charge in [-0.15, -0.1) is 0 Å². The number of pyridine rings is 1. The largest absolute Gasteiger partial charge is 0.491 e. The Morgan fingerprint density at radius 1 is 1.62 bits per heavy atom. The molecule has 1 aromatic rings. The van der Waals surface area contributed by atoms with Crippen LogP contribution in [0.4, 0.5) is 0 Å². The van der Waals surface area contributed by atoms with Gasteiger partial charge >= 0.3 is 0 Å². The predicted octanol–water partition coefficient (Wildman–Crippen LogP) is 1.21. The van der Waals surface area contributed by atoms with Gasteiger partial charge in [-0.1, -0.05) is 0 Å². The lowest BCUT2D eigenvalue weighted by atomic mass is 10.2. The van der Waals surface area contributed by atoms with Crippen molar-refractivity contribution in [2.75, 3.05) is 7.11 Å². The summed E-state index contributed by atoms with van der Waals surface area (Å²) in [6.45, 7) is 2.06. The van der Waals surface area contributed by atoms with Crippen LogP contribution in [0.2, 0.25) is 0 Å². The van der Waals surface area contributed by atoms with Gasteiger partial charge < -0.3 is 9.30 Å². The molecule has 0 spiro atoms. The van der Waals surface area contributed by atoms with Crippen LogP contribution in [0.15, 0.2) is 10.9 Å². The Morgan fingerprint density at radius 3 is 3.00 bits per heavy atom. The zero-order valence-electron chi connectivity index (χ0n) is 9.32. The summed E-state index contributed by atoms with van der Waals surface area (Å²) in [6.07, 6.45) is 3.11. The molecule has 1 aromatic heterocycles. The maximum Gasteiger partial charge on any atom is 0.224 e. The normalized spacial score (nSPS) is 17.8. The molecule has 1 aliphatic rings. The van der Waals surface area contributed by atoms with Crippen LogP contribution in [0.25, 0.3) is 6.08 Å². The van der Waals surface area contributed by atoms with Crippen molar-refractivity contribution in [2.24, 2.45) is 0 Å². The summed E-state index contributed by atoms with van der Waals surface area (Å²) in [5.41, 5.74) is 1.31. The summed E-state index contributed by atoms with van der Waals surface area (Å²) in [4.78, 5) is 22.2. The number of hydrogen-bond acceptors (Lipinski definition) is 3. The standard InChI is InChI=1S/C12H13NO3/c1-8-3-4-9-7-11(15)12(16-2)10(5-6-14)13(8)9/h5,7-8H,3-4H2,1-2H3. The van der Waals surface area contributed by atoms with Crippen molar-refractivity contribution in [2.45, 2.75) is 25.8 Å². The highest BCUT2D eigenvalue weighted by Gasteiger charge is 2.23. The summed E-state index contributed by atoms with van der Waals surface area (Å²) in [7, 11) is 1.44. The van der Waals surface area contributed by atoms with E-state index in [4.69, 9.17) is 4.74 Å². The minimum Gasteiger partial charge on any atom is -0.491 e. The fourth-order valence-electron chi connectivity index (χ4n) is 2.27. The van der Waals surface area contributed by atoms with Crippen molar-refractivity contribution in [3.63, 3.8) is 0 Å². The predicted molar refractivity (Wildman–Crippen MR) is 60.4 cm³/mol. The molecule has 0 radical (unpaired) electrons. The Balaban J connectivity index is 2.79. The molecule has 0 amide bonds. The van der Waals surface area contributed by atoms with Gasteiger partial charge in [-0.3, -0.25) is 4.79 Å². The number of carbonyl (C=O) groups excluding carboxylic acids is 1. The van der Waals surface area contributed by atoms with Crippen LogP contribution in [0.1, 0.15) is 30.8 Å². The average molecular weight is 219 g/mol. The van der Waals surface area contributed by atoms with Crippen molar-refractivity contribution in [1.29, 1.82) is 0 Å². The molecule has 0 bridgehead atoms. The average Bonchev–Trinajstić information content (AvgIpc) is 2.60. The van der Waals surface area contributed by atoms with Crippen LogP contribution in [-0.4, -0.2) is 17.6 Å². The maximum absolute atomic E-state index is 11.7. The molecule has 1 unspecified atom stereocenters. The summed E-state index contributed by atoms with van der Waals surface area (Å²) in [5, 5.41) is 0. The molecule has 4 heteroatoms. The molecule has 0 aromatic carbocycles. The first-order valence-electron chi connectivity index (χ1n) is 5.22. The highest BCUT2D eigenvalue weighted by Crippen LogP contribution is 2.30. The second-order valence-corrected chi connectivity index (χ2v) is 3.94. The number of ether oxygens (including phenoxy) is 1. The smallest absolute Gasteiger partial charge is 0.224 e. The SMILES string of the molecule is COc1c(C=C=O)n2c(cc1=O)CCC2C. The molecular weight excluding hydrogens is 206 g/mol. The molecule has 0 N–H and O–H groups in total. The number of methoxy groups -OCH3 is 1. The molecule has 84 valence electrons. The number of hydrogen-bond donors (Lipinski definition) is 0. The lowest BCUT2D eigenvalue weighted by Gasteiger charge is -2.16. The zero-order chi connectivity index (χ0) is 11.7. The van der Waals surface area contributed by atoms with Crippen molar-refractivity contribution in [1.82, 2.24) is 4.57 Å². The van der Waals surface area contributed by atoms with Gasteiger partial charge in [0.25, 0.3) is 0 Å². The molecular formula is C12H13NO3. The summed E-state index contributed by atoms with van der Waals surface area (Å²) in [5.74, 6) is 1.94. The fourth-order valence-corrected chi connectivity index (χ4v) is 2.27. The molecule has 0 saturated heterocycles. The van der Waals surface area contributed by atoms with E-state index in [1.807, 2.05) is 4.57 Å². The highest BCUT2D eigenvalue weighted by atomic mass is 16.5. The second kappa shape index (κ2) is 3.99. The number of fused-ring (bicyclic) bond motifs is 1. The van der Waals surface area contributed by atoms with Gasteiger partial charge in [0, 0.05) is 23.9 Å². The quantitative estimate of drug-likeness (QED) is 0.702. The van der Waals surface area contributed by atoms with E-state index < -0.39 is 0 Å². The minimum absolute atomic E-state index is 0.177. The second-order valence-electron chi connectivity index (χ2n) is 3.94. The summed E-state index contributed by atoms with van der Waals surface area (Å²) >= 11 is 0. The molecule has 1 aliphatic heterocycles. The molecule has 1 atom stereocenters. The first-order chi connectivity index (χ1) is 7.69. The van der Waals surface area contributed by atoms with E-state index in [9.17, 15) is 9.59 Å². The third kappa shape index (κ3) is 1.48. The van der Waals surface area contributed by atoms with Gasteiger partial charge in [0.05, 0.1) is 12.8 Å². The van der Waals surface area contributed by atoms with Crippen LogP contribution in [0.3, 0.4) is 0 Å². The summed E-state index contributed by atoms with van der Waals surface area (Å²) < 4.78 is 7.04. The van der Waals surface area contributed by atoms with Gasteiger partial charge in [-0.2, -0.15) is 0 Å². The van der Waals surface area contributed by atoms with Gasteiger partial charge in [0.1, 0.15) is 5.94 Å². The Kier molecular flexibility index (Phi) is 2.67. The summed E-state index contributed by atoms with van der Waals surface area (Å²) in [6, 6.07) is 1.87. The molecule has 0 fully saturated rings. The van der Waals surface area contributed by atoms with Crippen molar-refractivity contribution >= 4 is 12.0 Å². The highest BCUT2D eigenvalue weighted by molar-refractivity contribution is 5.76. The zero-order valence-corrected chi connectivity index (χ0v) is 9.32. The van der Waals surface area contributed by atoms with Gasteiger partial charge in [0.15, 0.2) is 5.75 Å². The Morgan fingerprint density at radius 2 is 2.38 bits per heavy atom. The first kappa shape index (κ1) is 10.7. The molecule has 2 heterocycles.